The first-order valence-corrected chi connectivity index (χ1v) is 3.69. The summed E-state index contributed by atoms with van der Waals surface area (Å²) in [5.41, 5.74) is 2.84. The summed E-state index contributed by atoms with van der Waals surface area (Å²) in [5, 5.41) is 9.79. The Labute approximate surface area is 81.6 Å². The molecule has 5 nitrogen and oxygen atoms in total. The van der Waals surface area contributed by atoms with Gasteiger partial charge in [0.15, 0.2) is 0 Å². The highest BCUT2D eigenvalue weighted by Crippen LogP contribution is 2.37. The smallest absolute Gasteiger partial charge is 0.317 e. The molecule has 14 heavy (non-hydrogen) atoms. The van der Waals surface area contributed by atoms with Gasteiger partial charge < -0.3 is 5.73 Å². The third-order valence-corrected chi connectivity index (χ3v) is 1.76. The molecule has 0 unspecified atom stereocenters. The number of anilines is 1. The van der Waals surface area contributed by atoms with Crippen molar-refractivity contribution in [2.75, 3.05) is 5.73 Å². The van der Waals surface area contributed by atoms with Crippen LogP contribution in [0.4, 0.5) is 20.2 Å². The second kappa shape index (κ2) is 3.70. The van der Waals surface area contributed by atoms with Crippen LogP contribution in [-0.4, -0.2) is 9.91 Å². The highest BCUT2D eigenvalue weighted by molar-refractivity contribution is 6.31. The maximum Gasteiger partial charge on any atom is 0.317 e. The highest BCUT2D eigenvalue weighted by Gasteiger charge is 2.28. The van der Waals surface area contributed by atoms with Crippen LogP contribution >= 0.6 is 11.6 Å². The van der Waals surface area contributed by atoms with Crippen molar-refractivity contribution < 1.29 is 13.7 Å². The fourth-order valence-electron chi connectivity index (χ4n) is 0.908. The second-order valence-electron chi connectivity index (χ2n) is 2.32. The van der Waals surface area contributed by atoms with Crippen LogP contribution in [0.15, 0.2) is 6.20 Å². The van der Waals surface area contributed by atoms with Crippen molar-refractivity contribution in [3.63, 3.8) is 0 Å². The Morgan fingerprint density at radius 2 is 2.21 bits per heavy atom. The number of nitrogens with two attached hydrogens (primary N) is 1. The van der Waals surface area contributed by atoms with Crippen molar-refractivity contribution in [2.45, 2.75) is 6.43 Å². The predicted molar refractivity (Wildman–Crippen MR) is 45.3 cm³/mol. The van der Waals surface area contributed by atoms with Gasteiger partial charge in [-0.1, -0.05) is 11.6 Å². The molecule has 1 rings (SSSR count). The average molecular weight is 224 g/mol. The molecule has 0 fully saturated rings. The number of nitrogen functional groups attached to an aromatic ring is 1. The molecule has 0 radical (unpaired) electrons. The molecule has 8 heteroatoms. The summed E-state index contributed by atoms with van der Waals surface area (Å²) < 4.78 is 24.7. The van der Waals surface area contributed by atoms with Crippen molar-refractivity contribution in [1.82, 2.24) is 4.98 Å². The molecular weight excluding hydrogens is 220 g/mol. The SMILES string of the molecule is Nc1cnc(Cl)c([N+](=O)[O-])c1C(F)F. The molecule has 76 valence electrons. The molecule has 0 amide bonds. The first-order valence-electron chi connectivity index (χ1n) is 3.31. The Bertz CT molecular complexity index is 386. The van der Waals surface area contributed by atoms with Crippen LogP contribution in [0.1, 0.15) is 12.0 Å². The standard InChI is InChI=1S/C6H4ClF2N3O2/c7-5-4(12(13)14)3(6(8)9)2(10)1-11-5/h1,6H,10H2. The van der Waals surface area contributed by atoms with E-state index in [0.717, 1.165) is 6.20 Å². The second-order valence-corrected chi connectivity index (χ2v) is 2.68. The lowest BCUT2D eigenvalue weighted by atomic mass is 10.2. The molecule has 0 saturated heterocycles. The molecule has 0 aliphatic carbocycles. The van der Waals surface area contributed by atoms with E-state index in [4.69, 9.17) is 17.3 Å². The number of hydrogen-bond donors (Lipinski definition) is 1. The van der Waals surface area contributed by atoms with Gasteiger partial charge in [-0.3, -0.25) is 10.1 Å². The van der Waals surface area contributed by atoms with E-state index >= 15 is 0 Å². The van der Waals surface area contributed by atoms with E-state index in [0.29, 0.717) is 0 Å². The fraction of sp³-hybridized carbons (Fsp3) is 0.167. The summed E-state index contributed by atoms with van der Waals surface area (Å²) in [6, 6.07) is 0. The minimum atomic E-state index is -3.06. The number of hydrogen-bond acceptors (Lipinski definition) is 4. The normalized spacial score (nSPS) is 10.6. The van der Waals surface area contributed by atoms with E-state index in [1.807, 2.05) is 0 Å². The van der Waals surface area contributed by atoms with Gasteiger partial charge in [0.1, 0.15) is 5.56 Å². The van der Waals surface area contributed by atoms with E-state index < -0.39 is 33.4 Å². The zero-order valence-electron chi connectivity index (χ0n) is 6.58. The monoisotopic (exact) mass is 223 g/mol. The number of rotatable bonds is 2. The Kier molecular flexibility index (Phi) is 2.80. The summed E-state index contributed by atoms with van der Waals surface area (Å²) in [6.45, 7) is 0. The van der Waals surface area contributed by atoms with E-state index in [9.17, 15) is 18.9 Å². The Morgan fingerprint density at radius 1 is 1.64 bits per heavy atom. The zero-order chi connectivity index (χ0) is 10.9. The maximum absolute atomic E-state index is 12.4. The molecule has 0 atom stereocenters. The molecule has 1 aromatic heterocycles. The number of nitro groups is 1. The minimum absolute atomic E-state index is 0.448. The van der Waals surface area contributed by atoms with Crippen molar-refractivity contribution in [1.29, 1.82) is 0 Å². The fourth-order valence-corrected chi connectivity index (χ4v) is 1.13. The number of pyridine rings is 1. The van der Waals surface area contributed by atoms with E-state index in [1.54, 1.807) is 0 Å². The number of nitrogens with zero attached hydrogens (tertiary/aromatic N) is 2. The largest absolute Gasteiger partial charge is 0.397 e. The molecule has 1 heterocycles. The lowest BCUT2D eigenvalue weighted by Crippen LogP contribution is -2.03. The first kappa shape index (κ1) is 10.6. The summed E-state index contributed by atoms with van der Waals surface area (Å²) in [7, 11) is 0. The van der Waals surface area contributed by atoms with Crippen LogP contribution in [0, 0.1) is 10.1 Å². The third-order valence-electron chi connectivity index (χ3n) is 1.48. The van der Waals surface area contributed by atoms with Crippen LogP contribution in [0.3, 0.4) is 0 Å². The topological polar surface area (TPSA) is 82.0 Å². The third kappa shape index (κ3) is 1.72. The van der Waals surface area contributed by atoms with Crippen LogP contribution in [-0.2, 0) is 0 Å². The molecule has 0 aliphatic heterocycles. The van der Waals surface area contributed by atoms with Gasteiger partial charge in [0.25, 0.3) is 6.43 Å². The van der Waals surface area contributed by atoms with Crippen LogP contribution in [0.2, 0.25) is 5.15 Å². The van der Waals surface area contributed by atoms with Crippen LogP contribution in [0.25, 0.3) is 0 Å². The first-order chi connectivity index (χ1) is 6.45. The van der Waals surface area contributed by atoms with Gasteiger partial charge in [-0.15, -0.1) is 0 Å². The highest BCUT2D eigenvalue weighted by atomic mass is 35.5. The van der Waals surface area contributed by atoms with E-state index in [1.165, 1.54) is 0 Å². The lowest BCUT2D eigenvalue weighted by molar-refractivity contribution is -0.386. The molecule has 1 aromatic rings. The number of halogens is 3. The molecular formula is C6H4ClF2N3O2. The van der Waals surface area contributed by atoms with Crippen molar-refractivity contribution in [2.24, 2.45) is 0 Å². The van der Waals surface area contributed by atoms with Crippen molar-refractivity contribution >= 4 is 23.0 Å². The molecule has 0 aromatic carbocycles. The van der Waals surface area contributed by atoms with Crippen LogP contribution < -0.4 is 5.73 Å². The number of alkyl halides is 2. The van der Waals surface area contributed by atoms with E-state index in [2.05, 4.69) is 4.98 Å². The molecule has 0 spiro atoms. The quantitative estimate of drug-likeness (QED) is 0.473. The van der Waals surface area contributed by atoms with Gasteiger partial charge in [-0.05, 0) is 0 Å². The van der Waals surface area contributed by atoms with Gasteiger partial charge >= 0.3 is 5.69 Å². The predicted octanol–water partition coefficient (Wildman–Crippen LogP) is 2.16. The Hall–Kier alpha value is -1.50. The summed E-state index contributed by atoms with van der Waals surface area (Å²) in [5.74, 6) is 0. The zero-order valence-corrected chi connectivity index (χ0v) is 7.33. The summed E-state index contributed by atoms with van der Waals surface area (Å²) in [6.07, 6.45) is -2.20. The van der Waals surface area contributed by atoms with Gasteiger partial charge in [0, 0.05) is 0 Å². The van der Waals surface area contributed by atoms with Gasteiger partial charge in [-0.25, -0.2) is 13.8 Å². The van der Waals surface area contributed by atoms with Gasteiger partial charge in [-0.2, -0.15) is 0 Å². The van der Waals surface area contributed by atoms with Gasteiger partial charge in [0.2, 0.25) is 5.15 Å². The Balaban J connectivity index is 3.50. The number of aromatic nitrogens is 1. The van der Waals surface area contributed by atoms with E-state index in [-0.39, 0.29) is 0 Å². The van der Waals surface area contributed by atoms with Gasteiger partial charge in [0.05, 0.1) is 16.8 Å². The molecule has 0 bridgehead atoms. The minimum Gasteiger partial charge on any atom is -0.397 e. The molecule has 2 N–H and O–H groups in total. The Morgan fingerprint density at radius 3 is 2.57 bits per heavy atom. The van der Waals surface area contributed by atoms with Crippen molar-refractivity contribution in [3.05, 3.63) is 27.0 Å². The average Bonchev–Trinajstić information content (AvgIpc) is 2.07. The van der Waals surface area contributed by atoms with Crippen LogP contribution in [0.5, 0.6) is 0 Å². The lowest BCUT2D eigenvalue weighted by Gasteiger charge is -2.05. The molecule has 0 aliphatic rings. The van der Waals surface area contributed by atoms with Crippen molar-refractivity contribution in [3.8, 4) is 0 Å². The summed E-state index contributed by atoms with van der Waals surface area (Å²) >= 11 is 5.30. The summed E-state index contributed by atoms with van der Waals surface area (Å²) in [4.78, 5) is 12.7. The molecule has 0 saturated carbocycles. The maximum atomic E-state index is 12.4.